The van der Waals surface area contributed by atoms with Crippen LogP contribution in [0.1, 0.15) is 26.2 Å². The predicted molar refractivity (Wildman–Crippen MR) is 69.4 cm³/mol. The summed E-state index contributed by atoms with van der Waals surface area (Å²) in [6.45, 7) is 3.10. The minimum Gasteiger partial charge on any atom is -0.314 e. The summed E-state index contributed by atoms with van der Waals surface area (Å²) in [5.74, 6) is 1.38. The molecule has 0 saturated carbocycles. The Morgan fingerprint density at radius 2 is 2.00 bits per heavy atom. The van der Waals surface area contributed by atoms with E-state index in [1.807, 2.05) is 11.8 Å². The van der Waals surface area contributed by atoms with E-state index in [1.54, 1.807) is 0 Å². The summed E-state index contributed by atoms with van der Waals surface area (Å²) in [7, 11) is -2.82. The summed E-state index contributed by atoms with van der Waals surface area (Å²) < 4.78 is 22.1. The van der Waals surface area contributed by atoms with Crippen molar-refractivity contribution in [1.82, 2.24) is 5.32 Å². The van der Waals surface area contributed by atoms with E-state index in [-0.39, 0.29) is 0 Å². The zero-order chi connectivity index (χ0) is 11.7. The topological polar surface area (TPSA) is 46.2 Å². The number of hydrogen-bond acceptors (Lipinski definition) is 4. The highest BCUT2D eigenvalue weighted by Gasteiger charge is 2.10. The Hall–Kier alpha value is 0.260. The third-order valence-corrected chi connectivity index (χ3v) is 3.81. The Bertz CT molecular complexity index is 232. The van der Waals surface area contributed by atoms with Gasteiger partial charge in [0.2, 0.25) is 0 Å². The number of thioether (sulfide) groups is 1. The zero-order valence-corrected chi connectivity index (χ0v) is 11.6. The highest BCUT2D eigenvalue weighted by Crippen LogP contribution is 2.05. The van der Waals surface area contributed by atoms with Crippen molar-refractivity contribution in [2.75, 3.05) is 30.6 Å². The van der Waals surface area contributed by atoms with Crippen molar-refractivity contribution in [1.29, 1.82) is 0 Å². The average Bonchev–Trinajstić information content (AvgIpc) is 2.15. The van der Waals surface area contributed by atoms with Gasteiger partial charge in [0.25, 0.3) is 0 Å². The first kappa shape index (κ1) is 15.3. The van der Waals surface area contributed by atoms with E-state index in [4.69, 9.17) is 0 Å². The maximum atomic E-state index is 11.1. The van der Waals surface area contributed by atoms with Crippen LogP contribution in [0.3, 0.4) is 0 Å². The predicted octanol–water partition coefficient (Wildman–Crippen LogP) is 1.54. The molecule has 0 aromatic rings. The van der Waals surface area contributed by atoms with E-state index in [0.717, 1.165) is 31.6 Å². The molecule has 1 N–H and O–H groups in total. The lowest BCUT2D eigenvalue weighted by atomic mass is 10.1. The summed E-state index contributed by atoms with van der Waals surface area (Å²) in [5, 5.41) is 3.40. The lowest BCUT2D eigenvalue weighted by molar-refractivity contribution is 0.485. The monoisotopic (exact) mass is 253 g/mol. The minimum absolute atomic E-state index is 0.294. The third kappa shape index (κ3) is 10.5. The van der Waals surface area contributed by atoms with Crippen LogP contribution in [0.15, 0.2) is 0 Å². The first-order valence-corrected chi connectivity index (χ1v) is 8.85. The van der Waals surface area contributed by atoms with Gasteiger partial charge in [-0.3, -0.25) is 0 Å². The molecule has 92 valence electrons. The second-order valence-electron chi connectivity index (χ2n) is 3.85. The molecule has 0 amide bonds. The molecule has 0 aliphatic heterocycles. The van der Waals surface area contributed by atoms with E-state index < -0.39 is 9.84 Å². The molecule has 0 saturated heterocycles. The van der Waals surface area contributed by atoms with Gasteiger partial charge in [-0.2, -0.15) is 11.8 Å². The second kappa shape index (κ2) is 8.42. The Balaban J connectivity index is 3.89. The SMILES string of the molecule is CCCNC(CCSC)CCS(C)(=O)=O. The molecule has 0 aromatic heterocycles. The molecule has 0 bridgehead atoms. The van der Waals surface area contributed by atoms with Crippen molar-refractivity contribution in [2.45, 2.75) is 32.2 Å². The number of rotatable bonds is 9. The molecule has 0 fully saturated rings. The van der Waals surface area contributed by atoms with Crippen LogP contribution in [0.2, 0.25) is 0 Å². The Kier molecular flexibility index (Phi) is 8.56. The van der Waals surface area contributed by atoms with Gasteiger partial charge in [-0.25, -0.2) is 8.42 Å². The third-order valence-electron chi connectivity index (χ3n) is 2.19. The summed E-state index contributed by atoms with van der Waals surface area (Å²) in [5.41, 5.74) is 0. The smallest absolute Gasteiger partial charge is 0.147 e. The van der Waals surface area contributed by atoms with Crippen molar-refractivity contribution in [3.05, 3.63) is 0 Å². The van der Waals surface area contributed by atoms with Crippen LogP contribution in [0.5, 0.6) is 0 Å². The van der Waals surface area contributed by atoms with Crippen molar-refractivity contribution in [3.8, 4) is 0 Å². The van der Waals surface area contributed by atoms with Crippen LogP contribution in [0.4, 0.5) is 0 Å². The standard InChI is InChI=1S/C10H23NO2S2/c1-4-7-11-10(5-8-14-2)6-9-15(3,12)13/h10-11H,4-9H2,1-3H3. The van der Waals surface area contributed by atoms with Gasteiger partial charge < -0.3 is 5.32 Å². The molecule has 5 heteroatoms. The van der Waals surface area contributed by atoms with E-state index in [9.17, 15) is 8.42 Å². The molecule has 0 aliphatic rings. The number of sulfone groups is 1. The maximum Gasteiger partial charge on any atom is 0.147 e. The average molecular weight is 253 g/mol. The van der Waals surface area contributed by atoms with Crippen molar-refractivity contribution >= 4 is 21.6 Å². The molecule has 1 unspecified atom stereocenters. The number of hydrogen-bond donors (Lipinski definition) is 1. The molecule has 0 radical (unpaired) electrons. The van der Waals surface area contributed by atoms with E-state index in [0.29, 0.717) is 11.8 Å². The van der Waals surface area contributed by atoms with Crippen molar-refractivity contribution < 1.29 is 8.42 Å². The maximum absolute atomic E-state index is 11.1. The lowest BCUT2D eigenvalue weighted by Crippen LogP contribution is -2.32. The first-order chi connectivity index (χ1) is 6.99. The second-order valence-corrected chi connectivity index (χ2v) is 7.10. The van der Waals surface area contributed by atoms with Gasteiger partial charge >= 0.3 is 0 Å². The molecule has 0 aliphatic carbocycles. The molecular weight excluding hydrogens is 230 g/mol. The number of nitrogens with one attached hydrogen (secondary N) is 1. The first-order valence-electron chi connectivity index (χ1n) is 5.39. The van der Waals surface area contributed by atoms with Gasteiger partial charge in [-0.05, 0) is 37.8 Å². The van der Waals surface area contributed by atoms with Gasteiger partial charge in [-0.15, -0.1) is 0 Å². The molecule has 15 heavy (non-hydrogen) atoms. The fourth-order valence-electron chi connectivity index (χ4n) is 1.31. The Morgan fingerprint density at radius 1 is 1.33 bits per heavy atom. The van der Waals surface area contributed by atoms with Crippen LogP contribution in [0.25, 0.3) is 0 Å². The Morgan fingerprint density at radius 3 is 2.47 bits per heavy atom. The van der Waals surface area contributed by atoms with Gasteiger partial charge in [0.1, 0.15) is 9.84 Å². The molecule has 3 nitrogen and oxygen atoms in total. The van der Waals surface area contributed by atoms with Crippen LogP contribution < -0.4 is 5.32 Å². The van der Waals surface area contributed by atoms with E-state index in [1.165, 1.54) is 6.26 Å². The summed E-state index contributed by atoms with van der Waals surface area (Å²) >= 11 is 1.81. The molecule has 1 atom stereocenters. The van der Waals surface area contributed by atoms with Crippen molar-refractivity contribution in [2.24, 2.45) is 0 Å². The fraction of sp³-hybridized carbons (Fsp3) is 1.00. The normalized spacial score (nSPS) is 14.1. The van der Waals surface area contributed by atoms with Crippen LogP contribution in [-0.4, -0.2) is 45.0 Å². The summed E-state index contributed by atoms with van der Waals surface area (Å²) in [6.07, 6.45) is 6.26. The molecule has 0 rings (SSSR count). The van der Waals surface area contributed by atoms with Gasteiger partial charge in [0.05, 0.1) is 5.75 Å². The van der Waals surface area contributed by atoms with E-state index >= 15 is 0 Å². The van der Waals surface area contributed by atoms with E-state index in [2.05, 4.69) is 18.5 Å². The highest BCUT2D eigenvalue weighted by atomic mass is 32.2. The lowest BCUT2D eigenvalue weighted by Gasteiger charge is -2.17. The Labute approximate surface area is 98.3 Å². The quantitative estimate of drug-likeness (QED) is 0.677. The van der Waals surface area contributed by atoms with Crippen molar-refractivity contribution in [3.63, 3.8) is 0 Å². The van der Waals surface area contributed by atoms with Crippen LogP contribution in [0, 0.1) is 0 Å². The van der Waals surface area contributed by atoms with Crippen LogP contribution >= 0.6 is 11.8 Å². The van der Waals surface area contributed by atoms with Gasteiger partial charge in [0.15, 0.2) is 0 Å². The molecule has 0 aromatic carbocycles. The largest absolute Gasteiger partial charge is 0.314 e. The van der Waals surface area contributed by atoms with Crippen LogP contribution in [-0.2, 0) is 9.84 Å². The van der Waals surface area contributed by atoms with Gasteiger partial charge in [-0.1, -0.05) is 6.92 Å². The molecule has 0 spiro atoms. The molecular formula is C10H23NO2S2. The fourth-order valence-corrected chi connectivity index (χ4v) is 2.55. The van der Waals surface area contributed by atoms with Gasteiger partial charge in [0, 0.05) is 12.3 Å². The summed E-state index contributed by atoms with van der Waals surface area (Å²) in [6, 6.07) is 0.354. The zero-order valence-electron chi connectivity index (χ0n) is 9.95. The molecule has 0 heterocycles. The minimum atomic E-state index is -2.82. The summed E-state index contributed by atoms with van der Waals surface area (Å²) in [4.78, 5) is 0. The highest BCUT2D eigenvalue weighted by molar-refractivity contribution is 7.98.